The maximum absolute atomic E-state index is 12.9. The predicted octanol–water partition coefficient (Wildman–Crippen LogP) is 1.49. The van der Waals surface area contributed by atoms with Gasteiger partial charge < -0.3 is 11.1 Å². The molecule has 2 aromatic rings. The van der Waals surface area contributed by atoms with Gasteiger partial charge in [-0.15, -0.1) is 0 Å². The molecule has 0 radical (unpaired) electrons. The summed E-state index contributed by atoms with van der Waals surface area (Å²) in [7, 11) is 0. The van der Waals surface area contributed by atoms with E-state index in [0.29, 0.717) is 11.1 Å². The van der Waals surface area contributed by atoms with Crippen LogP contribution in [-0.2, 0) is 22.4 Å². The topological polar surface area (TPSA) is 115 Å². The van der Waals surface area contributed by atoms with Gasteiger partial charge >= 0.3 is 0 Å². The van der Waals surface area contributed by atoms with Gasteiger partial charge in [0.2, 0.25) is 11.8 Å². The summed E-state index contributed by atoms with van der Waals surface area (Å²) < 4.78 is 12.9. The van der Waals surface area contributed by atoms with Crippen LogP contribution in [-0.4, -0.2) is 22.8 Å². The fourth-order valence-electron chi connectivity index (χ4n) is 2.29. The summed E-state index contributed by atoms with van der Waals surface area (Å²) in [5, 5.41) is 13.2. The molecule has 0 heterocycles. The number of nitrogens with two attached hydrogens (primary N) is 1. The molecule has 2 rings (SSSR count). The van der Waals surface area contributed by atoms with E-state index in [-0.39, 0.29) is 18.5 Å². The second-order valence-corrected chi connectivity index (χ2v) is 5.46. The zero-order chi connectivity index (χ0) is 18.4. The van der Waals surface area contributed by atoms with Crippen molar-refractivity contribution in [2.24, 2.45) is 5.73 Å². The zero-order valence-electron chi connectivity index (χ0n) is 13.1. The Morgan fingerprint density at radius 1 is 1.16 bits per heavy atom. The summed E-state index contributed by atoms with van der Waals surface area (Å²) >= 11 is 0. The van der Waals surface area contributed by atoms with Crippen molar-refractivity contribution in [1.29, 1.82) is 0 Å². The number of carbonyl (C=O) groups is 2. The zero-order valence-corrected chi connectivity index (χ0v) is 13.1. The van der Waals surface area contributed by atoms with Crippen molar-refractivity contribution in [3.8, 4) is 0 Å². The SMILES string of the molecule is NC(=O)[C@@H](Cc1ccc(F)cc1)NC(=O)Cc1cccc([N+](=O)[O-])c1. The van der Waals surface area contributed by atoms with Gasteiger partial charge in [-0.05, 0) is 23.3 Å². The largest absolute Gasteiger partial charge is 0.368 e. The summed E-state index contributed by atoms with van der Waals surface area (Å²) in [5.41, 5.74) is 6.26. The van der Waals surface area contributed by atoms with E-state index in [1.54, 1.807) is 6.07 Å². The molecule has 2 aromatic carbocycles. The van der Waals surface area contributed by atoms with Crippen LogP contribution in [0.4, 0.5) is 10.1 Å². The Balaban J connectivity index is 2.02. The van der Waals surface area contributed by atoms with Crippen LogP contribution in [0.2, 0.25) is 0 Å². The lowest BCUT2D eigenvalue weighted by Crippen LogP contribution is -2.46. The Hall–Kier alpha value is -3.29. The van der Waals surface area contributed by atoms with E-state index < -0.39 is 28.6 Å². The number of nitrogens with zero attached hydrogens (tertiary/aromatic N) is 1. The number of hydrogen-bond acceptors (Lipinski definition) is 4. The first kappa shape index (κ1) is 18.1. The molecule has 7 nitrogen and oxygen atoms in total. The molecular formula is C17H16FN3O4. The van der Waals surface area contributed by atoms with Crippen molar-refractivity contribution >= 4 is 17.5 Å². The summed E-state index contributed by atoms with van der Waals surface area (Å²) in [6.45, 7) is 0. The van der Waals surface area contributed by atoms with Crippen molar-refractivity contribution in [3.63, 3.8) is 0 Å². The molecule has 1 atom stereocenters. The van der Waals surface area contributed by atoms with Crippen molar-refractivity contribution in [2.75, 3.05) is 0 Å². The molecule has 0 unspecified atom stereocenters. The number of nitro groups is 1. The number of hydrogen-bond donors (Lipinski definition) is 2. The second kappa shape index (κ2) is 8.00. The lowest BCUT2D eigenvalue weighted by Gasteiger charge is -2.15. The molecule has 0 aliphatic rings. The smallest absolute Gasteiger partial charge is 0.269 e. The van der Waals surface area contributed by atoms with Gasteiger partial charge in [0.1, 0.15) is 11.9 Å². The lowest BCUT2D eigenvalue weighted by atomic mass is 10.0. The Kier molecular flexibility index (Phi) is 5.78. The highest BCUT2D eigenvalue weighted by molar-refractivity contribution is 5.87. The average molecular weight is 345 g/mol. The average Bonchev–Trinajstić information content (AvgIpc) is 2.56. The van der Waals surface area contributed by atoms with Crippen molar-refractivity contribution < 1.29 is 18.9 Å². The third-order valence-corrected chi connectivity index (χ3v) is 3.52. The number of benzene rings is 2. The molecular weight excluding hydrogens is 329 g/mol. The van der Waals surface area contributed by atoms with Gasteiger partial charge in [-0.1, -0.05) is 24.3 Å². The van der Waals surface area contributed by atoms with Gasteiger partial charge in [0.15, 0.2) is 0 Å². The van der Waals surface area contributed by atoms with Gasteiger partial charge in [0, 0.05) is 18.6 Å². The fraction of sp³-hybridized carbons (Fsp3) is 0.176. The normalized spacial score (nSPS) is 11.6. The van der Waals surface area contributed by atoms with Crippen LogP contribution < -0.4 is 11.1 Å². The molecule has 25 heavy (non-hydrogen) atoms. The standard InChI is InChI=1S/C17H16FN3O4/c18-13-6-4-11(5-7-13)9-15(17(19)23)20-16(22)10-12-2-1-3-14(8-12)21(24)25/h1-8,15H,9-10H2,(H2,19,23)(H,20,22)/t15-/m1/s1. The number of nitrogens with one attached hydrogen (secondary N) is 1. The van der Waals surface area contributed by atoms with E-state index in [4.69, 9.17) is 5.73 Å². The van der Waals surface area contributed by atoms with Crippen LogP contribution in [0.3, 0.4) is 0 Å². The summed E-state index contributed by atoms with van der Waals surface area (Å²) in [5.74, 6) is -1.63. The Morgan fingerprint density at radius 2 is 1.84 bits per heavy atom. The molecule has 0 aliphatic heterocycles. The Labute approximate surface area is 142 Å². The first-order valence-corrected chi connectivity index (χ1v) is 7.41. The Morgan fingerprint density at radius 3 is 2.44 bits per heavy atom. The number of carbonyl (C=O) groups excluding carboxylic acids is 2. The number of rotatable bonds is 7. The molecule has 0 aromatic heterocycles. The summed E-state index contributed by atoms with van der Waals surface area (Å²) in [4.78, 5) is 33.8. The van der Waals surface area contributed by atoms with E-state index in [2.05, 4.69) is 5.32 Å². The summed E-state index contributed by atoms with van der Waals surface area (Å²) in [6.07, 6.45) is -0.00876. The molecule has 0 bridgehead atoms. The molecule has 0 saturated carbocycles. The number of nitro benzene ring substituents is 1. The minimum Gasteiger partial charge on any atom is -0.368 e. The van der Waals surface area contributed by atoms with Crippen LogP contribution in [0.5, 0.6) is 0 Å². The van der Waals surface area contributed by atoms with Gasteiger partial charge in [-0.2, -0.15) is 0 Å². The number of amides is 2. The third-order valence-electron chi connectivity index (χ3n) is 3.52. The minimum atomic E-state index is -0.961. The number of halogens is 1. The number of primary amides is 1. The van der Waals surface area contributed by atoms with Crippen molar-refractivity contribution in [2.45, 2.75) is 18.9 Å². The molecule has 0 spiro atoms. The monoisotopic (exact) mass is 345 g/mol. The number of non-ortho nitro benzene ring substituents is 1. The van der Waals surface area contributed by atoms with Crippen LogP contribution in [0.25, 0.3) is 0 Å². The Bertz CT molecular complexity index is 793. The highest BCUT2D eigenvalue weighted by Gasteiger charge is 2.19. The lowest BCUT2D eigenvalue weighted by molar-refractivity contribution is -0.384. The van der Waals surface area contributed by atoms with Gasteiger partial charge in [0.25, 0.3) is 5.69 Å². The molecule has 0 aliphatic carbocycles. The highest BCUT2D eigenvalue weighted by Crippen LogP contribution is 2.13. The van der Waals surface area contributed by atoms with Crippen molar-refractivity contribution in [3.05, 3.63) is 75.6 Å². The predicted molar refractivity (Wildman–Crippen MR) is 88.0 cm³/mol. The third kappa shape index (κ3) is 5.38. The van der Waals surface area contributed by atoms with Gasteiger partial charge in [-0.3, -0.25) is 19.7 Å². The van der Waals surface area contributed by atoms with Crippen LogP contribution in [0.1, 0.15) is 11.1 Å². The summed E-state index contributed by atoms with van der Waals surface area (Å²) in [6, 6.07) is 10.2. The van der Waals surface area contributed by atoms with E-state index in [0.717, 1.165) is 0 Å². The molecule has 8 heteroatoms. The van der Waals surface area contributed by atoms with Crippen LogP contribution >= 0.6 is 0 Å². The van der Waals surface area contributed by atoms with E-state index in [1.807, 2.05) is 0 Å². The second-order valence-electron chi connectivity index (χ2n) is 5.46. The van der Waals surface area contributed by atoms with E-state index in [1.165, 1.54) is 42.5 Å². The minimum absolute atomic E-state index is 0.121. The van der Waals surface area contributed by atoms with Crippen molar-refractivity contribution in [1.82, 2.24) is 5.32 Å². The van der Waals surface area contributed by atoms with Gasteiger partial charge in [-0.25, -0.2) is 4.39 Å². The molecule has 0 fully saturated rings. The maximum atomic E-state index is 12.9. The quantitative estimate of drug-likeness (QED) is 0.584. The maximum Gasteiger partial charge on any atom is 0.269 e. The molecule has 2 amide bonds. The van der Waals surface area contributed by atoms with E-state index in [9.17, 15) is 24.1 Å². The van der Waals surface area contributed by atoms with Gasteiger partial charge in [0.05, 0.1) is 11.3 Å². The van der Waals surface area contributed by atoms with E-state index >= 15 is 0 Å². The van der Waals surface area contributed by atoms with Crippen LogP contribution in [0, 0.1) is 15.9 Å². The molecule has 130 valence electrons. The first-order chi connectivity index (χ1) is 11.8. The first-order valence-electron chi connectivity index (χ1n) is 7.41. The van der Waals surface area contributed by atoms with Crippen LogP contribution in [0.15, 0.2) is 48.5 Å². The molecule has 0 saturated heterocycles. The fourth-order valence-corrected chi connectivity index (χ4v) is 2.29. The molecule has 3 N–H and O–H groups in total. The highest BCUT2D eigenvalue weighted by atomic mass is 19.1.